The molecule has 0 fully saturated rings. The summed E-state index contributed by atoms with van der Waals surface area (Å²) in [6.07, 6.45) is 3.76. The molecule has 0 aliphatic rings. The number of phenols is 2. The van der Waals surface area contributed by atoms with Crippen LogP contribution in [0.15, 0.2) is 125 Å². The monoisotopic (exact) mass is 656 g/mol. The predicted octanol–water partition coefficient (Wildman–Crippen LogP) is 8.91. The lowest BCUT2D eigenvalue weighted by Crippen LogP contribution is -2.09. The lowest BCUT2D eigenvalue weighted by atomic mass is 10.0. The van der Waals surface area contributed by atoms with E-state index in [9.17, 15) is 19.8 Å². The Balaban J connectivity index is 0.000000191. The van der Waals surface area contributed by atoms with Crippen LogP contribution < -0.4 is 9.47 Å². The minimum absolute atomic E-state index is 0.0570. The number of ether oxygens (including phenoxy) is 2. The number of carbonyl (C=O) groups is 2. The summed E-state index contributed by atoms with van der Waals surface area (Å²) < 4.78 is 10.2. The molecule has 0 atom stereocenters. The first kappa shape index (κ1) is 33.7. The van der Waals surface area contributed by atoms with Gasteiger partial charge in [-0.1, -0.05) is 84.4 Å². The Labute approximate surface area is 281 Å². The third-order valence-corrected chi connectivity index (χ3v) is 7.22. The van der Waals surface area contributed by atoms with Crippen LogP contribution in [-0.2, 0) is 9.59 Å². The summed E-state index contributed by atoms with van der Waals surface area (Å²) in [5.41, 5.74) is 3.78. The van der Waals surface area contributed by atoms with E-state index in [1.165, 1.54) is 0 Å². The molecule has 49 heavy (non-hydrogen) atoms. The van der Waals surface area contributed by atoms with E-state index >= 15 is 0 Å². The van der Waals surface area contributed by atoms with E-state index in [1.807, 2.05) is 85.8 Å². The summed E-state index contributed by atoms with van der Waals surface area (Å²) >= 11 is 0. The minimum Gasteiger partial charge on any atom is -0.507 e. The van der Waals surface area contributed by atoms with E-state index in [-0.39, 0.29) is 18.1 Å². The minimum atomic E-state index is -1.04. The number of aliphatic carboxylic acids is 2. The number of fused-ring (bicyclic) bond motifs is 2. The number of phenolic OH excluding ortho intramolecular Hbond substituents is 2. The molecule has 0 aliphatic carbocycles. The number of carboxylic acid groups (broad SMARTS) is 2. The van der Waals surface area contributed by atoms with Crippen LogP contribution in [0.4, 0.5) is 11.4 Å². The molecule has 0 aliphatic heterocycles. The summed E-state index contributed by atoms with van der Waals surface area (Å²) in [6.45, 7) is 1.24. The third kappa shape index (κ3) is 9.20. The molecule has 0 radical (unpaired) electrons. The van der Waals surface area contributed by atoms with Gasteiger partial charge in [-0.25, -0.2) is 9.59 Å². The zero-order valence-corrected chi connectivity index (χ0v) is 26.4. The zero-order chi connectivity index (χ0) is 34.8. The van der Waals surface area contributed by atoms with Gasteiger partial charge in [0, 0.05) is 10.9 Å². The Hall–Kier alpha value is -6.68. The van der Waals surface area contributed by atoms with Crippen LogP contribution in [-0.4, -0.2) is 45.6 Å². The standard InChI is InChI=1S/C20H16O4.C19H16N2O4/c21-19-12-8-15-3-1-2-4-17(15)18(19)11-7-14-5-9-16(10-6-14)24-13-20(22)23;1-12-2-8-16-13(10-12)3-9-17(22)19(16)21-20-14-4-6-15(7-5-14)25-11-18(23)24/h1-12,21H,13H2,(H,22,23);2-10,22H,11H2,1H3,(H,23,24)/b11-7+;. The van der Waals surface area contributed by atoms with Crippen molar-refractivity contribution in [2.75, 3.05) is 13.2 Å². The molecule has 6 rings (SSSR count). The van der Waals surface area contributed by atoms with Crippen LogP contribution in [0, 0.1) is 6.92 Å². The van der Waals surface area contributed by atoms with Crippen molar-refractivity contribution in [2.24, 2.45) is 10.2 Å². The number of nitrogens with zero attached hydrogens (tertiary/aromatic N) is 2. The summed E-state index contributed by atoms with van der Waals surface area (Å²) in [7, 11) is 0. The van der Waals surface area contributed by atoms with E-state index in [2.05, 4.69) is 10.2 Å². The molecule has 10 nitrogen and oxygen atoms in total. The fourth-order valence-electron chi connectivity index (χ4n) is 4.85. The molecule has 0 bridgehead atoms. The molecule has 6 aromatic carbocycles. The highest BCUT2D eigenvalue weighted by molar-refractivity contribution is 5.96. The molecule has 6 aromatic rings. The number of aryl methyl sites for hydroxylation is 1. The van der Waals surface area contributed by atoms with Crippen LogP contribution in [0.1, 0.15) is 16.7 Å². The van der Waals surface area contributed by atoms with E-state index in [1.54, 1.807) is 48.5 Å². The van der Waals surface area contributed by atoms with Crippen molar-refractivity contribution in [2.45, 2.75) is 6.92 Å². The number of rotatable bonds is 10. The van der Waals surface area contributed by atoms with Crippen molar-refractivity contribution in [1.29, 1.82) is 0 Å². The second-order valence-electron chi connectivity index (χ2n) is 10.8. The maximum absolute atomic E-state index is 10.5. The van der Waals surface area contributed by atoms with Gasteiger partial charge in [0.15, 0.2) is 13.2 Å². The first-order valence-electron chi connectivity index (χ1n) is 15.1. The fraction of sp³-hybridized carbons (Fsp3) is 0.0769. The number of benzene rings is 6. The number of hydrogen-bond donors (Lipinski definition) is 4. The lowest BCUT2D eigenvalue weighted by molar-refractivity contribution is -0.140. The van der Waals surface area contributed by atoms with Crippen LogP contribution in [0.5, 0.6) is 23.0 Å². The number of carboxylic acids is 2. The molecule has 10 heteroatoms. The second kappa shape index (κ2) is 15.7. The SMILES string of the molecule is Cc1ccc2c(N=Nc3ccc(OCC(=O)O)cc3)c(O)ccc2c1.O=C(O)COc1ccc(/C=C/c2c(O)ccc3ccccc23)cc1. The second-order valence-corrected chi connectivity index (χ2v) is 10.8. The van der Waals surface area contributed by atoms with Crippen LogP contribution >= 0.6 is 0 Å². The molecule has 246 valence electrons. The normalized spacial score (nSPS) is 11.0. The summed E-state index contributed by atoms with van der Waals surface area (Å²) in [4.78, 5) is 21.0. The summed E-state index contributed by atoms with van der Waals surface area (Å²) in [5.74, 6) is -0.823. The van der Waals surface area contributed by atoms with Crippen molar-refractivity contribution in [3.8, 4) is 23.0 Å². The van der Waals surface area contributed by atoms with Crippen molar-refractivity contribution in [3.63, 3.8) is 0 Å². The largest absolute Gasteiger partial charge is 0.507 e. The summed E-state index contributed by atoms with van der Waals surface area (Å²) in [5, 5.41) is 49.6. The predicted molar refractivity (Wildman–Crippen MR) is 188 cm³/mol. The maximum atomic E-state index is 10.5. The van der Waals surface area contributed by atoms with Crippen molar-refractivity contribution < 1.29 is 39.5 Å². The Morgan fingerprint density at radius 1 is 0.633 bits per heavy atom. The average Bonchev–Trinajstić information content (AvgIpc) is 3.10. The molecular weight excluding hydrogens is 624 g/mol. The van der Waals surface area contributed by atoms with Crippen molar-refractivity contribution in [3.05, 3.63) is 132 Å². The highest BCUT2D eigenvalue weighted by Gasteiger charge is 2.07. The molecule has 0 unspecified atom stereocenters. The van der Waals surface area contributed by atoms with Gasteiger partial charge in [-0.2, -0.15) is 5.11 Å². The van der Waals surface area contributed by atoms with Crippen LogP contribution in [0.3, 0.4) is 0 Å². The quantitative estimate of drug-likeness (QED) is 0.0840. The van der Waals surface area contributed by atoms with Gasteiger partial charge in [0.25, 0.3) is 0 Å². The highest BCUT2D eigenvalue weighted by atomic mass is 16.5. The number of aromatic hydroxyl groups is 2. The molecule has 4 N–H and O–H groups in total. The van der Waals surface area contributed by atoms with Gasteiger partial charge in [0.2, 0.25) is 0 Å². The Bertz CT molecular complexity index is 2160. The van der Waals surface area contributed by atoms with E-state index in [4.69, 9.17) is 19.7 Å². The van der Waals surface area contributed by atoms with Gasteiger partial charge in [-0.15, -0.1) is 5.11 Å². The first-order chi connectivity index (χ1) is 23.7. The Kier molecular flexibility index (Phi) is 10.8. The molecule has 0 amide bonds. The maximum Gasteiger partial charge on any atom is 0.341 e. The molecule has 0 spiro atoms. The number of hydrogen-bond acceptors (Lipinski definition) is 8. The smallest absolute Gasteiger partial charge is 0.341 e. The first-order valence-corrected chi connectivity index (χ1v) is 15.1. The van der Waals surface area contributed by atoms with Gasteiger partial charge >= 0.3 is 11.9 Å². The fourth-order valence-corrected chi connectivity index (χ4v) is 4.85. The van der Waals surface area contributed by atoms with Gasteiger partial charge in [0.1, 0.15) is 28.7 Å². The number of azo groups is 1. The molecule has 0 aromatic heterocycles. The Morgan fingerprint density at radius 3 is 1.92 bits per heavy atom. The van der Waals surface area contributed by atoms with Crippen molar-refractivity contribution >= 4 is 57.0 Å². The van der Waals surface area contributed by atoms with Crippen LogP contribution in [0.25, 0.3) is 33.7 Å². The summed E-state index contributed by atoms with van der Waals surface area (Å²) in [6, 6.07) is 34.4. The zero-order valence-electron chi connectivity index (χ0n) is 26.4. The van der Waals surface area contributed by atoms with Gasteiger partial charge in [-0.3, -0.25) is 0 Å². The van der Waals surface area contributed by atoms with Gasteiger partial charge in [0.05, 0.1) is 5.69 Å². The van der Waals surface area contributed by atoms with E-state index in [0.717, 1.165) is 38.2 Å². The van der Waals surface area contributed by atoms with Gasteiger partial charge in [-0.05, 0) is 77.2 Å². The highest BCUT2D eigenvalue weighted by Crippen LogP contribution is 2.36. The van der Waals surface area contributed by atoms with Crippen LogP contribution in [0.2, 0.25) is 0 Å². The molecule has 0 heterocycles. The topological polar surface area (TPSA) is 158 Å². The molecule has 0 saturated heterocycles. The third-order valence-electron chi connectivity index (χ3n) is 7.22. The van der Waals surface area contributed by atoms with Crippen molar-refractivity contribution in [1.82, 2.24) is 0 Å². The lowest BCUT2D eigenvalue weighted by Gasteiger charge is -2.05. The average molecular weight is 657 g/mol. The van der Waals surface area contributed by atoms with E-state index < -0.39 is 18.5 Å². The molecular formula is C39H32N2O8. The molecule has 0 saturated carbocycles. The van der Waals surface area contributed by atoms with E-state index in [0.29, 0.717) is 22.9 Å². The van der Waals surface area contributed by atoms with Gasteiger partial charge < -0.3 is 29.9 Å². The Morgan fingerprint density at radius 2 is 1.24 bits per heavy atom.